The highest BCUT2D eigenvalue weighted by molar-refractivity contribution is 5.69. The van der Waals surface area contributed by atoms with Crippen LogP contribution < -0.4 is 0 Å². The molecule has 0 spiro atoms. The molecule has 2 N–H and O–H groups in total. The lowest BCUT2D eigenvalue weighted by Crippen LogP contribution is -2.05. The Kier molecular flexibility index (Phi) is 58.0. The number of esters is 1. The largest absolute Gasteiger partial charge is 0.481 e. The summed E-state index contributed by atoms with van der Waals surface area (Å²) in [5.74, 6) is -0.629. The van der Waals surface area contributed by atoms with Gasteiger partial charge in [0.15, 0.2) is 0 Å². The zero-order chi connectivity index (χ0) is 46.9. The van der Waals surface area contributed by atoms with E-state index in [4.69, 9.17) is 14.9 Å². The van der Waals surface area contributed by atoms with Gasteiger partial charge in [-0.1, -0.05) is 321 Å². The van der Waals surface area contributed by atoms with E-state index >= 15 is 0 Å². The summed E-state index contributed by atoms with van der Waals surface area (Å²) in [7, 11) is 0. The third kappa shape index (κ3) is 60.9. The van der Waals surface area contributed by atoms with Crippen molar-refractivity contribution in [3.63, 3.8) is 0 Å². The van der Waals surface area contributed by atoms with E-state index in [9.17, 15) is 9.59 Å². The first kappa shape index (κ1) is 63.9. The molecule has 0 bridgehead atoms. The van der Waals surface area contributed by atoms with Crippen LogP contribution in [0, 0.1) is 0 Å². The molecule has 0 heterocycles. The Labute approximate surface area is 407 Å². The standard InChI is InChI=1S/C60H118O5/c61-57-53-49-45-41-37-33-29-25-21-17-13-9-5-1-4-8-12-16-20-24-28-32-36-40-44-48-52-56-60(64)65-58-54-50-46-42-38-34-30-26-22-18-14-10-6-2-3-7-11-15-19-23-27-31-35-39-43-47-51-55-59(62)63/h61H,1-58H2,(H,62,63). The normalized spacial score (nSPS) is 11.5. The fourth-order valence-electron chi connectivity index (χ4n) is 9.86. The number of rotatable bonds is 59. The molecular formula is C60H118O5. The zero-order valence-corrected chi connectivity index (χ0v) is 44.1. The van der Waals surface area contributed by atoms with E-state index in [1.807, 2.05) is 0 Å². The van der Waals surface area contributed by atoms with E-state index in [1.165, 1.54) is 315 Å². The van der Waals surface area contributed by atoms with Crippen LogP contribution in [0.25, 0.3) is 0 Å². The fraction of sp³-hybridized carbons (Fsp3) is 0.967. The van der Waals surface area contributed by atoms with Gasteiger partial charge in [0.05, 0.1) is 6.61 Å². The average Bonchev–Trinajstić information content (AvgIpc) is 3.30. The lowest BCUT2D eigenvalue weighted by Gasteiger charge is -2.06. The van der Waals surface area contributed by atoms with E-state index in [0.29, 0.717) is 26.1 Å². The minimum atomic E-state index is -0.653. The number of carboxylic acids is 1. The van der Waals surface area contributed by atoms with E-state index in [-0.39, 0.29) is 5.97 Å². The first-order valence-electron chi connectivity index (χ1n) is 30.1. The Morgan fingerprint density at radius 3 is 0.600 bits per heavy atom. The third-order valence-corrected chi connectivity index (χ3v) is 14.3. The second-order valence-corrected chi connectivity index (χ2v) is 20.9. The predicted octanol–water partition coefficient (Wildman–Crippen LogP) is 20.5. The second kappa shape index (κ2) is 59.0. The van der Waals surface area contributed by atoms with Gasteiger partial charge in [0.2, 0.25) is 0 Å². The highest BCUT2D eigenvalue weighted by Crippen LogP contribution is 2.19. The van der Waals surface area contributed by atoms with Crippen molar-refractivity contribution in [1.82, 2.24) is 0 Å². The Morgan fingerprint density at radius 1 is 0.231 bits per heavy atom. The summed E-state index contributed by atoms with van der Waals surface area (Å²) in [6.07, 6.45) is 73.8. The van der Waals surface area contributed by atoms with Gasteiger partial charge in [0.1, 0.15) is 0 Å². The highest BCUT2D eigenvalue weighted by Gasteiger charge is 2.04. The maximum atomic E-state index is 12.1. The topological polar surface area (TPSA) is 83.8 Å². The van der Waals surface area contributed by atoms with Gasteiger partial charge in [-0.15, -0.1) is 0 Å². The van der Waals surface area contributed by atoms with Crippen LogP contribution in [0.1, 0.15) is 360 Å². The molecule has 5 heteroatoms. The Balaban J connectivity index is 3.15. The molecule has 65 heavy (non-hydrogen) atoms. The summed E-state index contributed by atoms with van der Waals surface area (Å²) in [4.78, 5) is 22.6. The van der Waals surface area contributed by atoms with Crippen molar-refractivity contribution < 1.29 is 24.5 Å². The number of carbonyl (C=O) groups excluding carboxylic acids is 1. The van der Waals surface area contributed by atoms with E-state index in [0.717, 1.165) is 32.1 Å². The SMILES string of the molecule is O=C(O)CCCCCCCCCCCCCCCCCCCCCCCCCCCCCOC(=O)CCCCCCCCCCCCCCCCCCCCCCCCCCCCCO. The van der Waals surface area contributed by atoms with Gasteiger partial charge in [-0.2, -0.15) is 0 Å². The number of hydrogen-bond acceptors (Lipinski definition) is 4. The first-order chi connectivity index (χ1) is 32.2. The number of aliphatic hydroxyl groups is 1. The van der Waals surface area contributed by atoms with Crippen molar-refractivity contribution in [2.45, 2.75) is 360 Å². The molecule has 0 rings (SSSR count). The third-order valence-electron chi connectivity index (χ3n) is 14.3. The lowest BCUT2D eigenvalue weighted by molar-refractivity contribution is -0.144. The number of ether oxygens (including phenoxy) is 1. The summed E-state index contributed by atoms with van der Waals surface area (Å²) < 4.78 is 5.51. The molecule has 0 unspecified atom stereocenters. The molecule has 0 aliphatic heterocycles. The second-order valence-electron chi connectivity index (χ2n) is 20.9. The summed E-state index contributed by atoms with van der Waals surface area (Å²) in [6, 6.07) is 0. The summed E-state index contributed by atoms with van der Waals surface area (Å²) in [6.45, 7) is 0.987. The predicted molar refractivity (Wildman–Crippen MR) is 284 cm³/mol. The quantitative estimate of drug-likeness (QED) is 0.0469. The number of carbonyl (C=O) groups is 2. The molecule has 0 saturated carbocycles. The first-order valence-corrected chi connectivity index (χ1v) is 30.1. The summed E-state index contributed by atoms with van der Waals surface area (Å²) in [5.41, 5.74) is 0. The van der Waals surface area contributed by atoms with Crippen molar-refractivity contribution in [2.24, 2.45) is 0 Å². The molecule has 0 fully saturated rings. The van der Waals surface area contributed by atoms with Crippen molar-refractivity contribution in [3.05, 3.63) is 0 Å². The van der Waals surface area contributed by atoms with E-state index in [1.54, 1.807) is 0 Å². The number of unbranched alkanes of at least 4 members (excludes halogenated alkanes) is 52. The maximum Gasteiger partial charge on any atom is 0.305 e. The molecule has 0 atom stereocenters. The van der Waals surface area contributed by atoms with Crippen LogP contribution in [-0.4, -0.2) is 35.4 Å². The molecule has 0 aromatic rings. The maximum absolute atomic E-state index is 12.1. The van der Waals surface area contributed by atoms with Crippen LogP contribution in [0.3, 0.4) is 0 Å². The van der Waals surface area contributed by atoms with Gasteiger partial charge in [-0.25, -0.2) is 0 Å². The van der Waals surface area contributed by atoms with Gasteiger partial charge in [0.25, 0.3) is 0 Å². The van der Waals surface area contributed by atoms with Gasteiger partial charge >= 0.3 is 11.9 Å². The molecule has 0 aliphatic rings. The van der Waals surface area contributed by atoms with Crippen LogP contribution in [-0.2, 0) is 14.3 Å². The number of aliphatic carboxylic acids is 1. The molecule has 0 radical (unpaired) electrons. The van der Waals surface area contributed by atoms with Crippen molar-refractivity contribution in [2.75, 3.05) is 13.2 Å². The van der Waals surface area contributed by atoms with Crippen molar-refractivity contribution >= 4 is 11.9 Å². The number of aliphatic hydroxyl groups excluding tert-OH is 1. The molecular weight excluding hydrogens is 801 g/mol. The van der Waals surface area contributed by atoms with E-state index < -0.39 is 5.97 Å². The smallest absolute Gasteiger partial charge is 0.305 e. The Morgan fingerprint density at radius 2 is 0.400 bits per heavy atom. The summed E-state index contributed by atoms with van der Waals surface area (Å²) >= 11 is 0. The van der Waals surface area contributed by atoms with Crippen LogP contribution in [0.2, 0.25) is 0 Å². The molecule has 0 amide bonds. The lowest BCUT2D eigenvalue weighted by atomic mass is 10.0. The van der Waals surface area contributed by atoms with Crippen LogP contribution in [0.4, 0.5) is 0 Å². The van der Waals surface area contributed by atoms with Crippen LogP contribution >= 0.6 is 0 Å². The monoisotopic (exact) mass is 919 g/mol. The highest BCUT2D eigenvalue weighted by atomic mass is 16.5. The van der Waals surface area contributed by atoms with Crippen LogP contribution in [0.15, 0.2) is 0 Å². The van der Waals surface area contributed by atoms with Gasteiger partial charge in [-0.3, -0.25) is 9.59 Å². The molecule has 0 aromatic heterocycles. The molecule has 5 nitrogen and oxygen atoms in total. The number of hydrogen-bond donors (Lipinski definition) is 2. The fourth-order valence-corrected chi connectivity index (χ4v) is 9.86. The van der Waals surface area contributed by atoms with Crippen LogP contribution in [0.5, 0.6) is 0 Å². The van der Waals surface area contributed by atoms with E-state index in [2.05, 4.69) is 0 Å². The molecule has 0 aromatic carbocycles. The molecule has 0 aliphatic carbocycles. The minimum absolute atomic E-state index is 0.0242. The number of carboxylic acid groups (broad SMARTS) is 1. The molecule has 388 valence electrons. The zero-order valence-electron chi connectivity index (χ0n) is 44.1. The van der Waals surface area contributed by atoms with Gasteiger partial charge in [-0.05, 0) is 25.7 Å². The Hall–Kier alpha value is -1.10. The van der Waals surface area contributed by atoms with Gasteiger partial charge in [0, 0.05) is 19.4 Å². The van der Waals surface area contributed by atoms with Gasteiger partial charge < -0.3 is 14.9 Å². The Bertz CT molecular complexity index is 891. The molecule has 0 saturated heterocycles. The summed E-state index contributed by atoms with van der Waals surface area (Å²) in [5, 5.41) is 17.5. The van der Waals surface area contributed by atoms with Crippen molar-refractivity contribution in [3.8, 4) is 0 Å². The minimum Gasteiger partial charge on any atom is -0.481 e. The van der Waals surface area contributed by atoms with Crippen molar-refractivity contribution in [1.29, 1.82) is 0 Å². The average molecular weight is 920 g/mol.